The maximum Gasteiger partial charge on any atom is 0.417 e. The third-order valence-corrected chi connectivity index (χ3v) is 26.5. The first-order valence-corrected chi connectivity index (χ1v) is 34.2. The molecule has 0 atom stereocenters. The highest BCUT2D eigenvalue weighted by Crippen LogP contribution is 2.54. The zero-order chi connectivity index (χ0) is 62.7. The SMILES string of the molecule is Cc1ccccc1P(Cc1cccc(CP(c2ccccc2C)c2ccccc2C)c1-c1c(CP(c2ccccc2C(F)(F)F)c2ccccc2C(F)(F)F)cccc1CP(c1ccccc1C(F)(F)F)c1ccccc1C(F)(F)F)c1ccccc1C. The van der Waals surface area contributed by atoms with Crippen LogP contribution in [0, 0.1) is 27.7 Å². The van der Waals surface area contributed by atoms with E-state index in [9.17, 15) is 0 Å². The highest BCUT2D eigenvalue weighted by molar-refractivity contribution is 7.73. The Morgan fingerprint density at radius 3 is 0.580 bits per heavy atom. The maximum atomic E-state index is 15.6. The van der Waals surface area contributed by atoms with Gasteiger partial charge < -0.3 is 0 Å². The summed E-state index contributed by atoms with van der Waals surface area (Å²) in [5, 5.41) is 2.57. The Kier molecular flexibility index (Phi) is 19.4. The lowest BCUT2D eigenvalue weighted by molar-refractivity contribution is -0.137. The first-order valence-electron chi connectivity index (χ1n) is 28.1. The topological polar surface area (TPSA) is 0 Å². The van der Waals surface area contributed by atoms with Crippen molar-refractivity contribution in [2.75, 3.05) is 0 Å². The molecule has 10 aromatic carbocycles. The predicted molar refractivity (Wildman–Crippen MR) is 342 cm³/mol. The normalized spacial score (nSPS) is 12.5. The first kappa shape index (κ1) is 64.1. The molecule has 0 aliphatic heterocycles. The van der Waals surface area contributed by atoms with Gasteiger partial charge in [0, 0.05) is 24.6 Å². The minimum atomic E-state index is -5.03. The molecule has 0 amide bonds. The minimum absolute atomic E-state index is 0.265. The van der Waals surface area contributed by atoms with Gasteiger partial charge in [0.2, 0.25) is 0 Å². The van der Waals surface area contributed by atoms with Crippen molar-refractivity contribution >= 4 is 74.1 Å². The third-order valence-electron chi connectivity index (χ3n) is 15.7. The van der Waals surface area contributed by atoms with Crippen molar-refractivity contribution in [2.24, 2.45) is 0 Å². The Morgan fingerprint density at radius 1 is 0.216 bits per heavy atom. The third kappa shape index (κ3) is 14.1. The van der Waals surface area contributed by atoms with Gasteiger partial charge in [-0.2, -0.15) is 52.7 Å². The average molecular weight is 1280 g/mol. The average Bonchev–Trinajstić information content (AvgIpc) is 1.15. The highest BCUT2D eigenvalue weighted by atomic mass is 31.1. The van der Waals surface area contributed by atoms with Crippen LogP contribution < -0.4 is 42.4 Å². The first-order chi connectivity index (χ1) is 41.9. The van der Waals surface area contributed by atoms with E-state index in [0.717, 1.165) is 78.9 Å². The molecule has 0 saturated carbocycles. The van der Waals surface area contributed by atoms with E-state index in [-0.39, 0.29) is 11.1 Å². The zero-order valence-corrected chi connectivity index (χ0v) is 51.7. The van der Waals surface area contributed by atoms with Crippen LogP contribution in [0.3, 0.4) is 0 Å². The largest absolute Gasteiger partial charge is 0.417 e. The maximum absolute atomic E-state index is 15.6. The lowest BCUT2D eigenvalue weighted by Gasteiger charge is -2.31. The summed E-state index contributed by atoms with van der Waals surface area (Å²) in [4.78, 5) is 0. The summed E-state index contributed by atoms with van der Waals surface area (Å²) < 4.78 is 187. The molecule has 16 heteroatoms. The van der Waals surface area contributed by atoms with E-state index in [0.29, 0.717) is 23.5 Å². The molecule has 0 heterocycles. The number of hydrogen-bond acceptors (Lipinski definition) is 0. The molecule has 0 fully saturated rings. The lowest BCUT2D eigenvalue weighted by Crippen LogP contribution is -2.27. The lowest BCUT2D eigenvalue weighted by atomic mass is 9.89. The quantitative estimate of drug-likeness (QED) is 0.0630. The summed E-state index contributed by atoms with van der Waals surface area (Å²) in [5.74, 6) is 0. The molecule has 10 rings (SSSR count). The summed E-state index contributed by atoms with van der Waals surface area (Å²) in [6.07, 6.45) is -20.4. The summed E-state index contributed by atoms with van der Waals surface area (Å²) in [6.45, 7) is 8.08. The van der Waals surface area contributed by atoms with E-state index in [4.69, 9.17) is 0 Å². The molecule has 0 bridgehead atoms. The van der Waals surface area contributed by atoms with E-state index in [2.05, 4.69) is 24.3 Å². The monoisotopic (exact) mass is 1270 g/mol. The van der Waals surface area contributed by atoms with Crippen molar-refractivity contribution in [3.05, 3.63) is 297 Å². The van der Waals surface area contributed by atoms with Crippen LogP contribution in [-0.2, 0) is 49.4 Å². The van der Waals surface area contributed by atoms with E-state index in [1.165, 1.54) is 72.8 Å². The van der Waals surface area contributed by atoms with Crippen molar-refractivity contribution in [3.63, 3.8) is 0 Å². The molecule has 88 heavy (non-hydrogen) atoms. The second kappa shape index (κ2) is 26.7. The van der Waals surface area contributed by atoms with Gasteiger partial charge in [-0.15, -0.1) is 0 Å². The predicted octanol–water partition coefficient (Wildman–Crippen LogP) is 19.2. The van der Waals surface area contributed by atoms with E-state index in [1.54, 1.807) is 18.2 Å². The van der Waals surface area contributed by atoms with E-state index < -0.39 is 112 Å². The molecule has 0 saturated heterocycles. The van der Waals surface area contributed by atoms with Gasteiger partial charge in [0.1, 0.15) is 0 Å². The summed E-state index contributed by atoms with van der Waals surface area (Å²) in [6, 6.07) is 60.9. The van der Waals surface area contributed by atoms with Crippen LogP contribution in [0.1, 0.15) is 66.8 Å². The molecule has 0 nitrogen and oxygen atoms in total. The minimum Gasteiger partial charge on any atom is -0.166 e. The highest BCUT2D eigenvalue weighted by Gasteiger charge is 2.42. The van der Waals surface area contributed by atoms with Crippen LogP contribution >= 0.6 is 31.7 Å². The molecule has 450 valence electrons. The van der Waals surface area contributed by atoms with Gasteiger partial charge in [-0.25, -0.2) is 0 Å². The summed E-state index contributed by atoms with van der Waals surface area (Å²) in [5.41, 5.74) is 2.27. The molecule has 0 aromatic heterocycles. The number of halogens is 12. The van der Waals surface area contributed by atoms with Crippen LogP contribution in [0.2, 0.25) is 0 Å². The smallest absolute Gasteiger partial charge is 0.166 e. The van der Waals surface area contributed by atoms with Crippen molar-refractivity contribution in [1.29, 1.82) is 0 Å². The Morgan fingerprint density at radius 2 is 0.386 bits per heavy atom. The summed E-state index contributed by atoms with van der Waals surface area (Å²) >= 11 is 0. The molecule has 0 radical (unpaired) electrons. The van der Waals surface area contributed by atoms with Gasteiger partial charge in [0.05, 0.1) is 22.3 Å². The second-order valence-electron chi connectivity index (χ2n) is 21.5. The van der Waals surface area contributed by atoms with Crippen LogP contribution in [-0.4, -0.2) is 0 Å². The van der Waals surface area contributed by atoms with Gasteiger partial charge in [0.15, 0.2) is 0 Å². The standard InChI is InChI=1S/C72H58F12P4/c1-47-23-5-13-35-59(47)85(60-36-14-6-24-48(60)2)43-51-27-21-28-52(44-86(61-37-15-7-25-49(61)3)62-38-16-8-26-50(62)4)67(51)68-53(45-87(63-39-17-9-31-55(63)69(73,74)75)64-40-18-10-32-56(64)70(76,77)78)29-22-30-54(68)46-88(65-41-19-11-33-57(65)71(79,80)81)66-42-20-12-34-58(66)72(82,83)84/h5-42H,43-46H2,1-4H3. The Labute approximate surface area is 509 Å². The number of rotatable bonds is 17. The fourth-order valence-corrected chi connectivity index (χ4v) is 22.5. The molecular weight excluding hydrogens is 1220 g/mol. The second-order valence-corrected chi connectivity index (χ2v) is 30.0. The fraction of sp³-hybridized carbons (Fsp3) is 0.167. The number of alkyl halides is 12. The van der Waals surface area contributed by atoms with Gasteiger partial charge in [0.25, 0.3) is 0 Å². The Bertz CT molecular complexity index is 3650. The van der Waals surface area contributed by atoms with Gasteiger partial charge in [-0.1, -0.05) is 206 Å². The summed E-state index contributed by atoms with van der Waals surface area (Å²) in [7, 11) is -8.13. The molecule has 0 spiro atoms. The Hall–Kier alpha value is -6.92. The Balaban J connectivity index is 1.36. The molecule has 0 aliphatic carbocycles. The molecule has 10 aromatic rings. The molecule has 0 unspecified atom stereocenters. The van der Waals surface area contributed by atoms with Crippen molar-refractivity contribution in [2.45, 2.75) is 77.0 Å². The molecule has 0 N–H and O–H groups in total. The van der Waals surface area contributed by atoms with E-state index in [1.807, 2.05) is 119 Å². The number of benzene rings is 10. The van der Waals surface area contributed by atoms with E-state index >= 15 is 52.7 Å². The van der Waals surface area contributed by atoms with Crippen LogP contribution in [0.15, 0.2) is 231 Å². The molecule has 0 aliphatic rings. The van der Waals surface area contributed by atoms with Gasteiger partial charge in [-0.3, -0.25) is 0 Å². The van der Waals surface area contributed by atoms with Crippen molar-refractivity contribution in [3.8, 4) is 11.1 Å². The molecular formula is C72H58F12P4. The fourth-order valence-electron chi connectivity index (χ4n) is 11.6. The van der Waals surface area contributed by atoms with Crippen LogP contribution in [0.25, 0.3) is 11.1 Å². The zero-order valence-electron chi connectivity index (χ0n) is 48.1. The number of hydrogen-bond donors (Lipinski definition) is 0. The van der Waals surface area contributed by atoms with Crippen LogP contribution in [0.4, 0.5) is 52.7 Å². The van der Waals surface area contributed by atoms with Crippen molar-refractivity contribution in [1.82, 2.24) is 0 Å². The number of aryl methyl sites for hydroxylation is 4. The van der Waals surface area contributed by atoms with Crippen LogP contribution in [0.5, 0.6) is 0 Å². The van der Waals surface area contributed by atoms with Gasteiger partial charge >= 0.3 is 24.7 Å². The van der Waals surface area contributed by atoms with Gasteiger partial charge in [-0.05, 0) is 182 Å². The van der Waals surface area contributed by atoms with Crippen molar-refractivity contribution < 1.29 is 52.7 Å².